The lowest BCUT2D eigenvalue weighted by molar-refractivity contribution is 0.627. The van der Waals surface area contributed by atoms with E-state index in [0.717, 1.165) is 16.7 Å². The summed E-state index contributed by atoms with van der Waals surface area (Å²) in [6, 6.07) is 10.1. The summed E-state index contributed by atoms with van der Waals surface area (Å²) in [4.78, 5) is 0. The molecule has 0 aliphatic carbocycles. The highest BCUT2D eigenvalue weighted by Crippen LogP contribution is 2.29. The monoisotopic (exact) mass is 235 g/mol. The third-order valence-electron chi connectivity index (χ3n) is 2.50. The maximum absolute atomic E-state index is 13.0. The zero-order valence-corrected chi connectivity index (χ0v) is 9.55. The molecule has 0 fully saturated rings. The first-order valence-electron chi connectivity index (χ1n) is 4.89. The molecule has 0 aliphatic heterocycles. The van der Waals surface area contributed by atoms with Crippen LogP contribution in [0, 0.1) is 12.7 Å². The van der Waals surface area contributed by atoms with Crippen LogP contribution in [0.15, 0.2) is 36.4 Å². The molecule has 0 unspecified atom stereocenters. The summed E-state index contributed by atoms with van der Waals surface area (Å²) in [5.74, 6) is -0.234. The van der Waals surface area contributed by atoms with Gasteiger partial charge in [0.15, 0.2) is 0 Å². The second-order valence-electron chi connectivity index (χ2n) is 3.70. The Kier molecular flexibility index (Phi) is 2.84. The number of nitrogen functional groups attached to an aromatic ring is 1. The molecule has 0 saturated heterocycles. The Labute approximate surface area is 98.7 Å². The molecule has 2 N–H and O–H groups in total. The number of nitrogens with two attached hydrogens (primary N) is 1. The van der Waals surface area contributed by atoms with Crippen LogP contribution in [0.4, 0.5) is 10.1 Å². The number of anilines is 1. The first kappa shape index (κ1) is 11.0. The molecule has 0 aromatic heterocycles. The Morgan fingerprint density at radius 2 is 1.88 bits per heavy atom. The number of benzene rings is 2. The standard InChI is InChI=1S/C13H11ClFN/c1-8-6-10(15)3-4-11(8)9-2-5-13(16)12(14)7-9/h2-7H,16H2,1H3. The number of halogens is 2. The van der Waals surface area contributed by atoms with Gasteiger partial charge in [-0.05, 0) is 47.9 Å². The molecule has 0 amide bonds. The Morgan fingerprint density at radius 1 is 1.12 bits per heavy atom. The van der Waals surface area contributed by atoms with E-state index in [-0.39, 0.29) is 5.82 Å². The van der Waals surface area contributed by atoms with Gasteiger partial charge in [-0.25, -0.2) is 4.39 Å². The van der Waals surface area contributed by atoms with E-state index >= 15 is 0 Å². The van der Waals surface area contributed by atoms with E-state index in [9.17, 15) is 4.39 Å². The highest BCUT2D eigenvalue weighted by Gasteiger charge is 2.05. The predicted molar refractivity (Wildman–Crippen MR) is 66.0 cm³/mol. The van der Waals surface area contributed by atoms with Gasteiger partial charge in [-0.15, -0.1) is 0 Å². The minimum atomic E-state index is -0.234. The lowest BCUT2D eigenvalue weighted by atomic mass is 10.0. The van der Waals surface area contributed by atoms with Gasteiger partial charge in [0.25, 0.3) is 0 Å². The number of rotatable bonds is 1. The summed E-state index contributed by atoms with van der Waals surface area (Å²) in [7, 11) is 0. The molecule has 2 aromatic rings. The zero-order chi connectivity index (χ0) is 11.7. The van der Waals surface area contributed by atoms with Crippen LogP contribution in [-0.4, -0.2) is 0 Å². The van der Waals surface area contributed by atoms with Crippen LogP contribution in [0.2, 0.25) is 5.02 Å². The van der Waals surface area contributed by atoms with Crippen LogP contribution in [0.3, 0.4) is 0 Å². The Bertz CT molecular complexity index is 537. The van der Waals surface area contributed by atoms with Crippen LogP contribution in [-0.2, 0) is 0 Å². The topological polar surface area (TPSA) is 26.0 Å². The fraction of sp³-hybridized carbons (Fsp3) is 0.0769. The van der Waals surface area contributed by atoms with Crippen LogP contribution < -0.4 is 5.73 Å². The van der Waals surface area contributed by atoms with Gasteiger partial charge in [-0.2, -0.15) is 0 Å². The van der Waals surface area contributed by atoms with Gasteiger partial charge in [0.05, 0.1) is 10.7 Å². The second kappa shape index (κ2) is 4.14. The molecule has 0 heterocycles. The lowest BCUT2D eigenvalue weighted by Crippen LogP contribution is -1.89. The molecule has 0 bridgehead atoms. The van der Waals surface area contributed by atoms with Gasteiger partial charge < -0.3 is 5.73 Å². The normalized spacial score (nSPS) is 10.4. The van der Waals surface area contributed by atoms with Crippen LogP contribution in [0.25, 0.3) is 11.1 Å². The average molecular weight is 236 g/mol. The maximum Gasteiger partial charge on any atom is 0.123 e. The first-order chi connectivity index (χ1) is 7.58. The molecule has 82 valence electrons. The molecule has 16 heavy (non-hydrogen) atoms. The molecule has 0 spiro atoms. The predicted octanol–water partition coefficient (Wildman–Crippen LogP) is 4.04. The fourth-order valence-electron chi connectivity index (χ4n) is 1.65. The van der Waals surface area contributed by atoms with Crippen molar-refractivity contribution in [2.45, 2.75) is 6.92 Å². The van der Waals surface area contributed by atoms with E-state index in [4.69, 9.17) is 17.3 Å². The van der Waals surface area contributed by atoms with Crippen molar-refractivity contribution >= 4 is 17.3 Å². The van der Waals surface area contributed by atoms with E-state index in [1.54, 1.807) is 18.2 Å². The van der Waals surface area contributed by atoms with Crippen LogP contribution in [0.5, 0.6) is 0 Å². The summed E-state index contributed by atoms with van der Waals surface area (Å²) in [5, 5.41) is 0.515. The largest absolute Gasteiger partial charge is 0.398 e. The van der Waals surface area contributed by atoms with Gasteiger partial charge in [0.1, 0.15) is 5.82 Å². The number of hydrogen-bond donors (Lipinski definition) is 1. The molecule has 0 saturated carbocycles. The van der Waals surface area contributed by atoms with Gasteiger partial charge >= 0.3 is 0 Å². The van der Waals surface area contributed by atoms with Crippen molar-refractivity contribution in [3.05, 3.63) is 52.8 Å². The minimum absolute atomic E-state index is 0.234. The van der Waals surface area contributed by atoms with E-state index in [1.807, 2.05) is 13.0 Å². The quantitative estimate of drug-likeness (QED) is 0.742. The molecule has 0 atom stereocenters. The molecular weight excluding hydrogens is 225 g/mol. The minimum Gasteiger partial charge on any atom is -0.398 e. The second-order valence-corrected chi connectivity index (χ2v) is 4.10. The summed E-state index contributed by atoms with van der Waals surface area (Å²) in [6.45, 7) is 1.86. The summed E-state index contributed by atoms with van der Waals surface area (Å²) in [6.07, 6.45) is 0. The van der Waals surface area contributed by atoms with E-state index in [0.29, 0.717) is 10.7 Å². The van der Waals surface area contributed by atoms with E-state index in [1.165, 1.54) is 12.1 Å². The molecule has 1 nitrogen and oxygen atoms in total. The number of aryl methyl sites for hydroxylation is 1. The lowest BCUT2D eigenvalue weighted by Gasteiger charge is -2.07. The van der Waals surface area contributed by atoms with Crippen molar-refractivity contribution in [3.8, 4) is 11.1 Å². The Balaban J connectivity index is 2.54. The Hall–Kier alpha value is -1.54. The molecular formula is C13H11ClFN. The zero-order valence-electron chi connectivity index (χ0n) is 8.80. The average Bonchev–Trinajstić information content (AvgIpc) is 2.22. The smallest absolute Gasteiger partial charge is 0.123 e. The molecule has 3 heteroatoms. The van der Waals surface area contributed by atoms with Crippen molar-refractivity contribution in [3.63, 3.8) is 0 Å². The van der Waals surface area contributed by atoms with E-state index < -0.39 is 0 Å². The summed E-state index contributed by atoms with van der Waals surface area (Å²) >= 11 is 5.95. The molecule has 2 rings (SSSR count). The highest BCUT2D eigenvalue weighted by molar-refractivity contribution is 6.33. The Morgan fingerprint density at radius 3 is 2.50 bits per heavy atom. The highest BCUT2D eigenvalue weighted by atomic mass is 35.5. The summed E-state index contributed by atoms with van der Waals surface area (Å²) in [5.41, 5.74) is 8.96. The van der Waals surface area contributed by atoms with Crippen molar-refractivity contribution in [2.24, 2.45) is 0 Å². The van der Waals surface area contributed by atoms with Crippen LogP contribution >= 0.6 is 11.6 Å². The summed E-state index contributed by atoms with van der Waals surface area (Å²) < 4.78 is 13.0. The van der Waals surface area contributed by atoms with Gasteiger partial charge in [0, 0.05) is 0 Å². The van der Waals surface area contributed by atoms with Crippen LogP contribution in [0.1, 0.15) is 5.56 Å². The van der Waals surface area contributed by atoms with Gasteiger partial charge in [-0.3, -0.25) is 0 Å². The maximum atomic E-state index is 13.0. The number of hydrogen-bond acceptors (Lipinski definition) is 1. The third-order valence-corrected chi connectivity index (χ3v) is 2.83. The van der Waals surface area contributed by atoms with Gasteiger partial charge in [-0.1, -0.05) is 23.7 Å². The van der Waals surface area contributed by atoms with Gasteiger partial charge in [0.2, 0.25) is 0 Å². The van der Waals surface area contributed by atoms with E-state index in [2.05, 4.69) is 0 Å². The van der Waals surface area contributed by atoms with Crippen molar-refractivity contribution < 1.29 is 4.39 Å². The third kappa shape index (κ3) is 2.02. The van der Waals surface area contributed by atoms with Crippen molar-refractivity contribution in [2.75, 3.05) is 5.73 Å². The SMILES string of the molecule is Cc1cc(F)ccc1-c1ccc(N)c(Cl)c1. The van der Waals surface area contributed by atoms with Crippen molar-refractivity contribution in [1.29, 1.82) is 0 Å². The molecule has 2 aromatic carbocycles. The van der Waals surface area contributed by atoms with Crippen molar-refractivity contribution in [1.82, 2.24) is 0 Å². The molecule has 0 radical (unpaired) electrons. The first-order valence-corrected chi connectivity index (χ1v) is 5.27. The molecule has 0 aliphatic rings. The fourth-order valence-corrected chi connectivity index (χ4v) is 1.83.